The number of aromatic nitrogens is 1. The maximum Gasteiger partial charge on any atom is 0.358 e. The summed E-state index contributed by atoms with van der Waals surface area (Å²) >= 11 is 7.38. The van der Waals surface area contributed by atoms with Crippen LogP contribution in [-0.4, -0.2) is 29.5 Å². The fourth-order valence-electron chi connectivity index (χ4n) is 2.17. The third-order valence-corrected chi connectivity index (χ3v) is 5.10. The van der Waals surface area contributed by atoms with Gasteiger partial charge in [0.15, 0.2) is 16.9 Å². The van der Waals surface area contributed by atoms with Crippen LogP contribution in [0.3, 0.4) is 0 Å². The van der Waals surface area contributed by atoms with Gasteiger partial charge >= 0.3 is 5.97 Å². The minimum atomic E-state index is -0.963. The molecular formula is C19H24ClN3O3S. The molecule has 1 aromatic heterocycles. The summed E-state index contributed by atoms with van der Waals surface area (Å²) in [5.41, 5.74) is 1.52. The molecule has 0 saturated heterocycles. The van der Waals surface area contributed by atoms with Gasteiger partial charge in [-0.05, 0) is 43.9 Å². The molecule has 0 unspecified atom stereocenters. The zero-order chi connectivity index (χ0) is 20.0. The molecule has 2 rings (SSSR count). The fourth-order valence-corrected chi connectivity index (χ4v) is 3.05. The van der Waals surface area contributed by atoms with E-state index in [0.717, 1.165) is 18.5 Å². The molecule has 0 fully saturated rings. The first-order valence-electron chi connectivity index (χ1n) is 8.74. The number of carbonyl (C=O) groups is 2. The van der Waals surface area contributed by atoms with E-state index < -0.39 is 18.0 Å². The lowest BCUT2D eigenvalue weighted by molar-refractivity contribution is -0.123. The Morgan fingerprint density at radius 1 is 1.30 bits per heavy atom. The Morgan fingerprint density at radius 2 is 2.04 bits per heavy atom. The van der Waals surface area contributed by atoms with Crippen LogP contribution in [0.15, 0.2) is 23.6 Å². The number of hydrogen-bond acceptors (Lipinski definition) is 6. The smallest absolute Gasteiger partial charge is 0.358 e. The largest absolute Gasteiger partial charge is 0.448 e. The van der Waals surface area contributed by atoms with Gasteiger partial charge in [-0.2, -0.15) is 0 Å². The Hall–Kier alpha value is -2.12. The third-order valence-electron chi connectivity index (χ3n) is 3.89. The van der Waals surface area contributed by atoms with Crippen molar-refractivity contribution < 1.29 is 14.3 Å². The highest BCUT2D eigenvalue weighted by Gasteiger charge is 2.21. The van der Waals surface area contributed by atoms with Gasteiger partial charge in [0.25, 0.3) is 5.91 Å². The molecule has 2 N–H and O–H groups in total. The van der Waals surface area contributed by atoms with Crippen LogP contribution in [0, 0.1) is 12.8 Å². The van der Waals surface area contributed by atoms with E-state index in [1.807, 2.05) is 0 Å². The predicted octanol–water partition coefficient (Wildman–Crippen LogP) is 4.75. The second-order valence-electron chi connectivity index (χ2n) is 6.60. The molecule has 1 heterocycles. The van der Waals surface area contributed by atoms with Crippen molar-refractivity contribution in [2.75, 3.05) is 17.2 Å². The number of amides is 1. The van der Waals surface area contributed by atoms with Crippen molar-refractivity contribution in [2.24, 2.45) is 5.92 Å². The molecule has 0 saturated carbocycles. The molecular weight excluding hydrogens is 386 g/mol. The van der Waals surface area contributed by atoms with Crippen LogP contribution >= 0.6 is 22.9 Å². The maximum atomic E-state index is 12.3. The van der Waals surface area contributed by atoms with Crippen molar-refractivity contribution >= 4 is 45.6 Å². The summed E-state index contributed by atoms with van der Waals surface area (Å²) in [6.45, 7) is 8.39. The number of nitrogens with zero attached hydrogens (tertiary/aromatic N) is 1. The minimum Gasteiger partial charge on any atom is -0.448 e. The second kappa shape index (κ2) is 9.71. The highest BCUT2D eigenvalue weighted by atomic mass is 35.5. The van der Waals surface area contributed by atoms with Crippen LogP contribution in [0.25, 0.3) is 0 Å². The zero-order valence-corrected chi connectivity index (χ0v) is 17.4. The van der Waals surface area contributed by atoms with E-state index in [1.165, 1.54) is 18.3 Å². The molecule has 1 aromatic carbocycles. The van der Waals surface area contributed by atoms with Gasteiger partial charge < -0.3 is 15.4 Å². The second-order valence-corrected chi connectivity index (χ2v) is 7.86. The van der Waals surface area contributed by atoms with Gasteiger partial charge in [-0.15, -0.1) is 11.3 Å². The van der Waals surface area contributed by atoms with Crippen molar-refractivity contribution in [3.8, 4) is 0 Å². The number of carbonyl (C=O) groups excluding carboxylic acids is 2. The average molecular weight is 410 g/mol. The molecule has 2 aromatic rings. The van der Waals surface area contributed by atoms with Gasteiger partial charge in [-0.25, -0.2) is 9.78 Å². The van der Waals surface area contributed by atoms with Crippen molar-refractivity contribution in [1.29, 1.82) is 0 Å². The van der Waals surface area contributed by atoms with Crippen LogP contribution in [0.1, 0.15) is 43.2 Å². The van der Waals surface area contributed by atoms with Gasteiger partial charge in [-0.3, -0.25) is 4.79 Å². The molecule has 0 aliphatic carbocycles. The molecule has 8 heteroatoms. The summed E-state index contributed by atoms with van der Waals surface area (Å²) in [5.74, 6) is -0.475. The number of benzene rings is 1. The molecule has 0 radical (unpaired) electrons. The number of hydrogen-bond donors (Lipinski definition) is 2. The highest BCUT2D eigenvalue weighted by molar-refractivity contribution is 7.13. The van der Waals surface area contributed by atoms with Crippen molar-refractivity contribution in [3.05, 3.63) is 39.9 Å². The number of thiazole rings is 1. The average Bonchev–Trinajstić information content (AvgIpc) is 3.07. The SMILES string of the molecule is Cc1c(Cl)cccc1NC(=O)[C@@H](C)OC(=O)c1csc(NCCC(C)C)n1. The highest BCUT2D eigenvalue weighted by Crippen LogP contribution is 2.23. The molecule has 1 atom stereocenters. The van der Waals surface area contributed by atoms with Crippen LogP contribution in [-0.2, 0) is 9.53 Å². The number of nitrogens with one attached hydrogen (secondary N) is 2. The van der Waals surface area contributed by atoms with Crippen LogP contribution < -0.4 is 10.6 Å². The number of ether oxygens (including phenoxy) is 1. The lowest BCUT2D eigenvalue weighted by Gasteiger charge is -2.14. The molecule has 0 aliphatic heterocycles. The van der Waals surface area contributed by atoms with E-state index in [0.29, 0.717) is 21.8 Å². The molecule has 146 valence electrons. The van der Waals surface area contributed by atoms with E-state index in [4.69, 9.17) is 16.3 Å². The van der Waals surface area contributed by atoms with Gasteiger partial charge in [0.1, 0.15) is 0 Å². The standard InChI is InChI=1S/C19H24ClN3O3S/c1-11(2)8-9-21-19-23-16(10-27-19)18(25)26-13(4)17(24)22-15-7-5-6-14(20)12(15)3/h5-7,10-11,13H,8-9H2,1-4H3,(H,21,23)(H,22,24)/t13-/m1/s1. The van der Waals surface area contributed by atoms with Gasteiger partial charge in [-0.1, -0.05) is 31.5 Å². The summed E-state index contributed by atoms with van der Waals surface area (Å²) in [4.78, 5) is 28.7. The van der Waals surface area contributed by atoms with E-state index in [9.17, 15) is 9.59 Å². The van der Waals surface area contributed by atoms with Crippen molar-refractivity contribution in [2.45, 2.75) is 40.2 Å². The summed E-state index contributed by atoms with van der Waals surface area (Å²) in [6, 6.07) is 5.22. The quantitative estimate of drug-likeness (QED) is 0.615. The molecule has 27 heavy (non-hydrogen) atoms. The Bertz CT molecular complexity index is 807. The Morgan fingerprint density at radius 3 is 2.74 bits per heavy atom. The van der Waals surface area contributed by atoms with Crippen molar-refractivity contribution in [1.82, 2.24) is 4.98 Å². The fraction of sp³-hybridized carbons (Fsp3) is 0.421. The zero-order valence-electron chi connectivity index (χ0n) is 15.8. The van der Waals surface area contributed by atoms with Gasteiger partial charge in [0, 0.05) is 22.6 Å². The topological polar surface area (TPSA) is 80.3 Å². The van der Waals surface area contributed by atoms with E-state index in [-0.39, 0.29) is 5.69 Å². The van der Waals surface area contributed by atoms with E-state index >= 15 is 0 Å². The Labute approximate surface area is 168 Å². The van der Waals surface area contributed by atoms with Crippen LogP contribution in [0.2, 0.25) is 5.02 Å². The lowest BCUT2D eigenvalue weighted by Crippen LogP contribution is -2.30. The summed E-state index contributed by atoms with van der Waals surface area (Å²) in [5, 5.41) is 8.73. The Kier molecular flexibility index (Phi) is 7.62. The van der Waals surface area contributed by atoms with Gasteiger partial charge in [0.05, 0.1) is 0 Å². The van der Waals surface area contributed by atoms with E-state index in [1.54, 1.807) is 30.5 Å². The summed E-state index contributed by atoms with van der Waals surface area (Å²) in [6.07, 6.45) is 0.0504. The Balaban J connectivity index is 1.90. The number of halogens is 1. The molecule has 6 nitrogen and oxygen atoms in total. The maximum absolute atomic E-state index is 12.3. The predicted molar refractivity (Wildman–Crippen MR) is 110 cm³/mol. The monoisotopic (exact) mass is 409 g/mol. The minimum absolute atomic E-state index is 0.186. The number of anilines is 2. The molecule has 0 spiro atoms. The number of esters is 1. The summed E-state index contributed by atoms with van der Waals surface area (Å²) < 4.78 is 5.23. The third kappa shape index (κ3) is 6.22. The first kappa shape index (κ1) is 21.2. The first-order chi connectivity index (χ1) is 12.8. The van der Waals surface area contributed by atoms with Gasteiger partial charge in [0.2, 0.25) is 0 Å². The molecule has 0 bridgehead atoms. The lowest BCUT2D eigenvalue weighted by atomic mass is 10.1. The van der Waals surface area contributed by atoms with Crippen LogP contribution in [0.5, 0.6) is 0 Å². The normalized spacial score (nSPS) is 11.9. The van der Waals surface area contributed by atoms with Crippen LogP contribution in [0.4, 0.5) is 10.8 Å². The molecule has 1 amide bonds. The number of rotatable bonds is 8. The van der Waals surface area contributed by atoms with Crippen molar-refractivity contribution in [3.63, 3.8) is 0 Å². The first-order valence-corrected chi connectivity index (χ1v) is 10.00. The molecule has 0 aliphatic rings. The van der Waals surface area contributed by atoms with E-state index in [2.05, 4.69) is 29.5 Å². The summed E-state index contributed by atoms with van der Waals surface area (Å²) in [7, 11) is 0.